The topological polar surface area (TPSA) is 64.7 Å². The first-order valence-electron chi connectivity index (χ1n) is 11.4. The van der Waals surface area contributed by atoms with Crippen LogP contribution in [0.3, 0.4) is 0 Å². The Morgan fingerprint density at radius 2 is 1.89 bits per heavy atom. The van der Waals surface area contributed by atoms with Crippen molar-refractivity contribution in [1.82, 2.24) is 0 Å². The van der Waals surface area contributed by atoms with Gasteiger partial charge in [-0.25, -0.2) is 0 Å². The van der Waals surface area contributed by atoms with Gasteiger partial charge < -0.3 is 10.6 Å². The van der Waals surface area contributed by atoms with Crippen molar-refractivity contribution in [3.05, 3.63) is 0 Å². The third-order valence-corrected chi connectivity index (χ3v) is 9.32. The molecule has 0 saturated heterocycles. The average Bonchev–Trinajstić information content (AvgIpc) is 2.97. The summed E-state index contributed by atoms with van der Waals surface area (Å²) in [5.41, 5.74) is 7.24. The molecule has 7 atom stereocenters. The van der Waals surface area contributed by atoms with Crippen molar-refractivity contribution < 1.29 is 9.63 Å². The number of hydrogen-bond donors (Lipinski definition) is 1. The van der Waals surface area contributed by atoms with E-state index in [0.29, 0.717) is 36.2 Å². The highest BCUT2D eigenvalue weighted by Crippen LogP contribution is 2.66. The summed E-state index contributed by atoms with van der Waals surface area (Å²) < 4.78 is 0. The minimum Gasteiger partial charge on any atom is -0.394 e. The lowest BCUT2D eigenvalue weighted by Crippen LogP contribution is -2.56. The van der Waals surface area contributed by atoms with Crippen LogP contribution in [0, 0.1) is 40.4 Å². The first kappa shape index (κ1) is 19.4. The number of hydrogen-bond acceptors (Lipinski definition) is 4. The van der Waals surface area contributed by atoms with Gasteiger partial charge >= 0.3 is 0 Å². The predicted octanol–water partition coefficient (Wildman–Crippen LogP) is 4.57. The van der Waals surface area contributed by atoms with Gasteiger partial charge in [0.1, 0.15) is 12.4 Å². The van der Waals surface area contributed by atoms with Crippen LogP contribution in [0.15, 0.2) is 5.16 Å². The van der Waals surface area contributed by atoms with Crippen molar-refractivity contribution in [1.29, 1.82) is 0 Å². The molecule has 4 aliphatic rings. The summed E-state index contributed by atoms with van der Waals surface area (Å²) >= 11 is 0. The number of fused-ring (bicyclic) bond motifs is 5. The van der Waals surface area contributed by atoms with Gasteiger partial charge in [0.2, 0.25) is 0 Å². The van der Waals surface area contributed by atoms with E-state index in [-0.39, 0.29) is 5.41 Å². The minimum absolute atomic E-state index is 0.00807. The molecule has 1 unspecified atom stereocenters. The summed E-state index contributed by atoms with van der Waals surface area (Å²) in [4.78, 5) is 18.1. The van der Waals surface area contributed by atoms with Crippen molar-refractivity contribution >= 4 is 11.5 Å². The Bertz CT molecular complexity index is 617. The molecule has 4 aliphatic carbocycles. The number of rotatable bonds is 4. The van der Waals surface area contributed by atoms with Crippen molar-refractivity contribution in [2.24, 2.45) is 51.3 Å². The molecule has 0 radical (unpaired) electrons. The number of ketones is 1. The van der Waals surface area contributed by atoms with Crippen LogP contribution in [-0.4, -0.2) is 24.6 Å². The molecule has 152 valence electrons. The Labute approximate surface area is 164 Å². The van der Waals surface area contributed by atoms with E-state index in [1.165, 1.54) is 31.4 Å². The Morgan fingerprint density at radius 1 is 1.07 bits per heavy atom. The molecule has 0 spiro atoms. The highest BCUT2D eigenvalue weighted by molar-refractivity contribution is 5.88. The molecule has 27 heavy (non-hydrogen) atoms. The maximum absolute atomic E-state index is 12.6. The first-order chi connectivity index (χ1) is 13.0. The smallest absolute Gasteiger partial charge is 0.139 e. The number of nitrogens with two attached hydrogens (primary N) is 1. The van der Waals surface area contributed by atoms with Crippen LogP contribution >= 0.6 is 0 Å². The summed E-state index contributed by atoms with van der Waals surface area (Å²) in [5, 5.41) is 4.52. The summed E-state index contributed by atoms with van der Waals surface area (Å²) in [6, 6.07) is 0. The third-order valence-electron chi connectivity index (χ3n) is 9.32. The molecule has 4 rings (SSSR count). The van der Waals surface area contributed by atoms with Crippen LogP contribution in [0.2, 0.25) is 0 Å². The third kappa shape index (κ3) is 2.89. The van der Waals surface area contributed by atoms with Crippen molar-refractivity contribution in [3.8, 4) is 0 Å². The number of oxime groups is 1. The zero-order valence-corrected chi connectivity index (χ0v) is 17.5. The molecule has 0 bridgehead atoms. The van der Waals surface area contributed by atoms with Gasteiger partial charge in [-0.2, -0.15) is 0 Å². The molecule has 0 aliphatic heterocycles. The van der Waals surface area contributed by atoms with E-state index in [9.17, 15) is 4.79 Å². The van der Waals surface area contributed by atoms with Gasteiger partial charge in [0.05, 0.1) is 5.71 Å². The maximum Gasteiger partial charge on any atom is 0.139 e. The number of nitrogens with zero attached hydrogens (tertiary/aromatic N) is 1. The zero-order valence-electron chi connectivity index (χ0n) is 17.5. The van der Waals surface area contributed by atoms with E-state index >= 15 is 0 Å². The molecule has 2 N–H and O–H groups in total. The standard InChI is InChI=1S/C23H38N2O2/c1-4-15-17-6-5-16-18-7-8-21(26)23(18,3)11-9-19(16)22(17,2)12-10-20(15)25-27-14-13-24/h15-19H,4-14,24H2,1-3H3/t15-,16-,17?,18-,19-,22-,23-/m0/s1. The van der Waals surface area contributed by atoms with E-state index in [4.69, 9.17) is 10.6 Å². The second-order valence-electron chi connectivity index (χ2n) is 10.2. The lowest BCUT2D eigenvalue weighted by molar-refractivity contribution is -0.138. The minimum atomic E-state index is -0.00807. The monoisotopic (exact) mass is 374 g/mol. The Hall–Kier alpha value is -0.900. The lowest BCUT2D eigenvalue weighted by atomic mass is 9.43. The molecule has 0 amide bonds. The van der Waals surface area contributed by atoms with Crippen LogP contribution in [0.4, 0.5) is 0 Å². The van der Waals surface area contributed by atoms with Gasteiger partial charge in [0, 0.05) is 24.3 Å². The molecular weight excluding hydrogens is 336 g/mol. The van der Waals surface area contributed by atoms with Crippen molar-refractivity contribution in [2.75, 3.05) is 13.2 Å². The highest BCUT2D eigenvalue weighted by Gasteiger charge is 2.61. The molecule has 0 aromatic carbocycles. The van der Waals surface area contributed by atoms with Gasteiger partial charge in [-0.05, 0) is 80.5 Å². The molecule has 0 heterocycles. The van der Waals surface area contributed by atoms with E-state index < -0.39 is 0 Å². The van der Waals surface area contributed by atoms with Crippen LogP contribution in [0.5, 0.6) is 0 Å². The summed E-state index contributed by atoms with van der Waals surface area (Å²) in [7, 11) is 0. The molecule has 4 heteroatoms. The normalized spacial score (nSPS) is 48.1. The molecule has 4 nitrogen and oxygen atoms in total. The Balaban J connectivity index is 1.58. The van der Waals surface area contributed by atoms with Crippen LogP contribution in [0.1, 0.15) is 78.6 Å². The fourth-order valence-electron chi connectivity index (χ4n) is 7.92. The predicted molar refractivity (Wildman–Crippen MR) is 108 cm³/mol. The molecule has 0 aromatic rings. The van der Waals surface area contributed by atoms with E-state index in [1.54, 1.807) is 0 Å². The van der Waals surface area contributed by atoms with E-state index in [0.717, 1.165) is 49.9 Å². The fraction of sp³-hybridized carbons (Fsp3) is 0.913. The SMILES string of the molecule is CC[C@@H]1C(=NOCCN)CC[C@@]2(C)C1CC[C@@H]1[C@@H]2CC[C@]2(C)C(=O)CC[C@@H]12. The van der Waals surface area contributed by atoms with Crippen molar-refractivity contribution in [3.63, 3.8) is 0 Å². The van der Waals surface area contributed by atoms with Gasteiger partial charge in [-0.15, -0.1) is 0 Å². The first-order valence-corrected chi connectivity index (χ1v) is 11.4. The van der Waals surface area contributed by atoms with Crippen LogP contribution in [-0.2, 0) is 9.63 Å². The highest BCUT2D eigenvalue weighted by atomic mass is 16.6. The van der Waals surface area contributed by atoms with Crippen molar-refractivity contribution in [2.45, 2.75) is 78.6 Å². The number of carbonyl (C=O) groups is 1. The largest absolute Gasteiger partial charge is 0.394 e. The van der Waals surface area contributed by atoms with Gasteiger partial charge in [0.25, 0.3) is 0 Å². The summed E-state index contributed by atoms with van der Waals surface area (Å²) in [6.45, 7) is 8.22. The molecule has 4 saturated carbocycles. The Morgan fingerprint density at radius 3 is 2.63 bits per heavy atom. The van der Waals surface area contributed by atoms with Crippen LogP contribution < -0.4 is 5.73 Å². The van der Waals surface area contributed by atoms with Gasteiger partial charge in [0.15, 0.2) is 0 Å². The number of Topliss-reactive ketones (excluding diaryl/α,β-unsaturated/α-hetero) is 1. The Kier molecular flexibility index (Phi) is 5.15. The van der Waals surface area contributed by atoms with Gasteiger partial charge in [-0.3, -0.25) is 4.79 Å². The van der Waals surface area contributed by atoms with E-state index in [2.05, 4.69) is 25.9 Å². The van der Waals surface area contributed by atoms with Gasteiger partial charge in [-0.1, -0.05) is 25.9 Å². The number of carbonyl (C=O) groups excluding carboxylic acids is 1. The summed E-state index contributed by atoms with van der Waals surface area (Å²) in [6.07, 6.45) is 10.4. The second-order valence-corrected chi connectivity index (χ2v) is 10.2. The fourth-order valence-corrected chi connectivity index (χ4v) is 7.92. The second kappa shape index (κ2) is 7.17. The lowest BCUT2D eigenvalue weighted by Gasteiger charge is -2.61. The van der Waals surface area contributed by atoms with E-state index in [1.807, 2.05) is 0 Å². The molecular formula is C23H38N2O2. The zero-order chi connectivity index (χ0) is 19.2. The van der Waals surface area contributed by atoms with Crippen LogP contribution in [0.25, 0.3) is 0 Å². The molecule has 0 aromatic heterocycles. The maximum atomic E-state index is 12.6. The quantitative estimate of drug-likeness (QED) is 0.579. The molecule has 4 fully saturated rings. The summed E-state index contributed by atoms with van der Waals surface area (Å²) in [5.74, 6) is 4.03. The average molecular weight is 375 g/mol.